The molecule has 1 saturated carbocycles. The highest BCUT2D eigenvalue weighted by molar-refractivity contribution is 5.41. The van der Waals surface area contributed by atoms with Crippen molar-refractivity contribution in [1.29, 1.82) is 0 Å². The second kappa shape index (κ2) is 5.24. The number of aromatic nitrogens is 2. The molecule has 2 atom stereocenters. The number of nitrogens with one attached hydrogen (secondary N) is 2. The second-order valence-electron chi connectivity index (χ2n) is 4.05. The van der Waals surface area contributed by atoms with Gasteiger partial charge in [-0.15, -0.1) is 0 Å². The van der Waals surface area contributed by atoms with Gasteiger partial charge in [-0.1, -0.05) is 0 Å². The van der Waals surface area contributed by atoms with Crippen LogP contribution in [0.15, 0.2) is 6.20 Å². The average molecular weight is 241 g/mol. The Kier molecular flexibility index (Phi) is 3.70. The zero-order valence-corrected chi connectivity index (χ0v) is 9.61. The van der Waals surface area contributed by atoms with Crippen molar-refractivity contribution >= 4 is 11.8 Å². The quantitative estimate of drug-likeness (QED) is 0.536. The van der Waals surface area contributed by atoms with Gasteiger partial charge in [-0.2, -0.15) is 4.98 Å². The van der Waals surface area contributed by atoms with Crippen molar-refractivity contribution in [2.75, 3.05) is 17.9 Å². The summed E-state index contributed by atoms with van der Waals surface area (Å²) in [6.45, 7) is 0. The highest BCUT2D eigenvalue weighted by Crippen LogP contribution is 2.25. The minimum atomic E-state index is -0.482. The number of ether oxygens (including phenoxy) is 1. The van der Waals surface area contributed by atoms with Crippen LogP contribution in [0.2, 0.25) is 0 Å². The molecule has 0 bridgehead atoms. The summed E-state index contributed by atoms with van der Waals surface area (Å²) in [4.78, 5) is 7.61. The molecule has 1 heterocycles. The van der Waals surface area contributed by atoms with Crippen LogP contribution >= 0.6 is 0 Å². The number of methoxy groups -OCH3 is 1. The first kappa shape index (κ1) is 12.0. The molecular formula is C10H16FN5O. The summed E-state index contributed by atoms with van der Waals surface area (Å²) in [5.74, 6) is 5.06. The maximum absolute atomic E-state index is 13.5. The van der Waals surface area contributed by atoms with Gasteiger partial charge in [0.05, 0.1) is 12.3 Å². The molecule has 4 N–H and O–H groups in total. The number of halogens is 1. The molecule has 0 spiro atoms. The lowest BCUT2D eigenvalue weighted by atomic mass is 10.2. The van der Waals surface area contributed by atoms with E-state index in [4.69, 9.17) is 10.6 Å². The monoisotopic (exact) mass is 241 g/mol. The predicted octanol–water partition coefficient (Wildman–Crippen LogP) is 0.881. The van der Waals surface area contributed by atoms with Crippen LogP contribution in [0.3, 0.4) is 0 Å². The number of nitrogens with zero attached hydrogens (tertiary/aromatic N) is 2. The molecule has 0 saturated heterocycles. The lowest BCUT2D eigenvalue weighted by Gasteiger charge is -2.14. The van der Waals surface area contributed by atoms with E-state index in [1.54, 1.807) is 7.11 Å². The summed E-state index contributed by atoms with van der Waals surface area (Å²) in [6.07, 6.45) is 4.10. The Bertz CT molecular complexity index is 389. The van der Waals surface area contributed by atoms with Crippen molar-refractivity contribution < 1.29 is 9.13 Å². The Labute approximate surface area is 98.7 Å². The molecule has 0 aromatic carbocycles. The molecular weight excluding hydrogens is 225 g/mol. The smallest absolute Gasteiger partial charge is 0.239 e. The highest BCUT2D eigenvalue weighted by Gasteiger charge is 2.25. The Morgan fingerprint density at radius 3 is 3.00 bits per heavy atom. The van der Waals surface area contributed by atoms with Crippen molar-refractivity contribution in [3.63, 3.8) is 0 Å². The Morgan fingerprint density at radius 2 is 2.35 bits per heavy atom. The summed E-state index contributed by atoms with van der Waals surface area (Å²) in [6, 6.07) is 0.176. The van der Waals surface area contributed by atoms with Crippen LogP contribution in [0.5, 0.6) is 0 Å². The number of hydrogen-bond donors (Lipinski definition) is 3. The van der Waals surface area contributed by atoms with Gasteiger partial charge in [-0.3, -0.25) is 5.43 Å². The largest absolute Gasteiger partial charge is 0.381 e. The second-order valence-corrected chi connectivity index (χ2v) is 4.05. The van der Waals surface area contributed by atoms with Crippen LogP contribution in [0.1, 0.15) is 19.3 Å². The van der Waals surface area contributed by atoms with Crippen molar-refractivity contribution in [2.45, 2.75) is 31.4 Å². The van der Waals surface area contributed by atoms with E-state index in [1.165, 1.54) is 0 Å². The fraction of sp³-hybridized carbons (Fsp3) is 0.600. The number of anilines is 2. The standard InChI is InChI=1S/C10H16FN5O/c1-17-7-3-2-6(4-7)14-9-8(11)5-13-10(15-9)16-12/h5-7H,2-4,12H2,1H3,(H2,13,14,15,16). The summed E-state index contributed by atoms with van der Waals surface area (Å²) in [5.41, 5.74) is 2.29. The molecule has 7 heteroatoms. The summed E-state index contributed by atoms with van der Waals surface area (Å²) in [5, 5.41) is 3.05. The molecule has 1 aromatic heterocycles. The van der Waals surface area contributed by atoms with Crippen LogP contribution in [0, 0.1) is 5.82 Å². The van der Waals surface area contributed by atoms with Crippen LogP contribution in [0.4, 0.5) is 16.2 Å². The van der Waals surface area contributed by atoms with Crippen LogP contribution in [-0.4, -0.2) is 29.2 Å². The first-order chi connectivity index (χ1) is 8.22. The van der Waals surface area contributed by atoms with Crippen molar-refractivity contribution in [2.24, 2.45) is 5.84 Å². The third kappa shape index (κ3) is 2.80. The third-order valence-corrected chi connectivity index (χ3v) is 2.93. The van der Waals surface area contributed by atoms with Crippen LogP contribution in [-0.2, 0) is 4.74 Å². The number of nitrogens with two attached hydrogens (primary N) is 1. The summed E-state index contributed by atoms with van der Waals surface area (Å²) >= 11 is 0. The van der Waals surface area contributed by atoms with Gasteiger partial charge in [0, 0.05) is 13.2 Å². The van der Waals surface area contributed by atoms with Gasteiger partial charge < -0.3 is 10.1 Å². The normalized spacial score (nSPS) is 23.7. The predicted molar refractivity (Wildman–Crippen MR) is 61.9 cm³/mol. The molecule has 2 rings (SSSR count). The SMILES string of the molecule is COC1CCC(Nc2nc(NN)ncc2F)C1. The lowest BCUT2D eigenvalue weighted by molar-refractivity contribution is 0.108. The molecule has 1 fully saturated rings. The van der Waals surface area contributed by atoms with E-state index in [1.807, 2.05) is 0 Å². The maximum Gasteiger partial charge on any atom is 0.239 e. The maximum atomic E-state index is 13.5. The Hall–Kier alpha value is -1.47. The van der Waals surface area contributed by atoms with Gasteiger partial charge in [0.15, 0.2) is 11.6 Å². The van der Waals surface area contributed by atoms with Crippen LogP contribution in [0.25, 0.3) is 0 Å². The molecule has 2 unspecified atom stereocenters. The molecule has 0 aliphatic heterocycles. The Balaban J connectivity index is 2.03. The molecule has 0 amide bonds. The number of hydrogen-bond acceptors (Lipinski definition) is 6. The zero-order valence-electron chi connectivity index (χ0n) is 9.61. The van der Waals surface area contributed by atoms with Crippen molar-refractivity contribution in [1.82, 2.24) is 9.97 Å². The van der Waals surface area contributed by atoms with E-state index in [9.17, 15) is 4.39 Å². The average Bonchev–Trinajstić information content (AvgIpc) is 2.80. The minimum Gasteiger partial charge on any atom is -0.381 e. The summed E-state index contributed by atoms with van der Waals surface area (Å²) < 4.78 is 18.7. The highest BCUT2D eigenvalue weighted by atomic mass is 19.1. The van der Waals surface area contributed by atoms with Gasteiger partial charge in [0.2, 0.25) is 5.95 Å². The van der Waals surface area contributed by atoms with E-state index >= 15 is 0 Å². The number of hydrazine groups is 1. The molecule has 94 valence electrons. The van der Waals surface area contributed by atoms with Gasteiger partial charge >= 0.3 is 0 Å². The molecule has 0 radical (unpaired) electrons. The van der Waals surface area contributed by atoms with E-state index in [0.29, 0.717) is 0 Å². The molecule has 6 nitrogen and oxygen atoms in total. The molecule has 1 aliphatic carbocycles. The van der Waals surface area contributed by atoms with E-state index in [0.717, 1.165) is 25.5 Å². The third-order valence-electron chi connectivity index (χ3n) is 2.93. The fourth-order valence-electron chi connectivity index (χ4n) is 2.02. The first-order valence-electron chi connectivity index (χ1n) is 5.51. The van der Waals surface area contributed by atoms with E-state index < -0.39 is 5.82 Å². The zero-order chi connectivity index (χ0) is 12.3. The summed E-state index contributed by atoms with van der Waals surface area (Å²) in [7, 11) is 1.69. The van der Waals surface area contributed by atoms with Gasteiger partial charge in [0.25, 0.3) is 0 Å². The molecule has 1 aromatic rings. The number of rotatable bonds is 4. The Morgan fingerprint density at radius 1 is 1.53 bits per heavy atom. The van der Waals surface area contributed by atoms with Crippen molar-refractivity contribution in [3.8, 4) is 0 Å². The lowest BCUT2D eigenvalue weighted by Crippen LogP contribution is -2.20. The molecule has 1 aliphatic rings. The van der Waals surface area contributed by atoms with Crippen molar-refractivity contribution in [3.05, 3.63) is 12.0 Å². The topological polar surface area (TPSA) is 85.1 Å². The minimum absolute atomic E-state index is 0.176. The van der Waals surface area contributed by atoms with Gasteiger partial charge in [-0.25, -0.2) is 15.2 Å². The van der Waals surface area contributed by atoms with Crippen LogP contribution < -0.4 is 16.6 Å². The fourth-order valence-corrected chi connectivity index (χ4v) is 2.02. The number of nitrogen functional groups attached to an aromatic ring is 1. The van der Waals surface area contributed by atoms with E-state index in [-0.39, 0.29) is 23.9 Å². The molecule has 17 heavy (non-hydrogen) atoms. The van der Waals surface area contributed by atoms with Gasteiger partial charge in [0.1, 0.15) is 0 Å². The first-order valence-corrected chi connectivity index (χ1v) is 5.51. The van der Waals surface area contributed by atoms with Gasteiger partial charge in [-0.05, 0) is 19.3 Å². The van der Waals surface area contributed by atoms with E-state index in [2.05, 4.69) is 20.7 Å².